The summed E-state index contributed by atoms with van der Waals surface area (Å²) in [4.78, 5) is 57.1. The second-order valence-electron chi connectivity index (χ2n) is 14.9. The van der Waals surface area contributed by atoms with Gasteiger partial charge in [0.05, 0.1) is 22.9 Å². The summed E-state index contributed by atoms with van der Waals surface area (Å²) < 4.78 is 56.1. The number of amides is 4. The summed E-state index contributed by atoms with van der Waals surface area (Å²) >= 11 is 0. The molecular weight excluding hydrogens is 741 g/mol. The average Bonchev–Trinajstić information content (AvgIpc) is 3.18. The van der Waals surface area contributed by atoms with Crippen molar-refractivity contribution in [2.24, 2.45) is 0 Å². The lowest BCUT2D eigenvalue weighted by atomic mass is 9.82. The summed E-state index contributed by atoms with van der Waals surface area (Å²) in [5, 5.41) is 12.6. The number of likely N-dealkylation sites (tertiary alicyclic amines) is 1. The quantitative estimate of drug-likeness (QED) is 0.166. The largest absolute Gasteiger partial charge is 0.476 e. The Morgan fingerprint density at radius 3 is 2.28 bits per heavy atom. The number of hydrogen-bond donors (Lipinski definition) is 2. The molecule has 2 aliphatic rings. The van der Waals surface area contributed by atoms with Crippen LogP contribution in [0.15, 0.2) is 97.1 Å². The van der Waals surface area contributed by atoms with E-state index in [-0.39, 0.29) is 44.2 Å². The highest BCUT2D eigenvalue weighted by Crippen LogP contribution is 2.45. The van der Waals surface area contributed by atoms with Crippen molar-refractivity contribution in [2.45, 2.75) is 70.5 Å². The number of carbonyl (C=O) groups excluding carboxylic acids is 3. The number of hydrogen-bond acceptors (Lipinski definition) is 6. The van der Waals surface area contributed by atoms with Gasteiger partial charge in [0.1, 0.15) is 12.4 Å². The molecule has 1 saturated heterocycles. The number of fused-ring (bicyclic) bond motifs is 1. The van der Waals surface area contributed by atoms with Crippen LogP contribution in [0.1, 0.15) is 67.1 Å². The maximum atomic E-state index is 15.0. The molecule has 0 saturated carbocycles. The number of carboxylic acid groups (broad SMARTS) is 1. The number of nitrogens with zero attached hydrogens (tertiary/aromatic N) is 3. The lowest BCUT2D eigenvalue weighted by Gasteiger charge is -2.46. The first-order chi connectivity index (χ1) is 27.0. The minimum Gasteiger partial charge on any atom is -0.476 e. The molecule has 57 heavy (non-hydrogen) atoms. The van der Waals surface area contributed by atoms with Gasteiger partial charge in [-0.25, -0.2) is 9.59 Å². The van der Waals surface area contributed by atoms with Gasteiger partial charge in [-0.2, -0.15) is 13.2 Å². The van der Waals surface area contributed by atoms with Crippen molar-refractivity contribution in [2.75, 3.05) is 31.1 Å². The number of piperidine rings is 1. The predicted octanol–water partition coefficient (Wildman–Crippen LogP) is 8.19. The average molecular weight is 787 g/mol. The highest BCUT2D eigenvalue weighted by molar-refractivity contribution is 6.05. The maximum absolute atomic E-state index is 15.0. The molecule has 4 aromatic carbocycles. The molecule has 0 unspecified atom stereocenters. The lowest BCUT2D eigenvalue weighted by molar-refractivity contribution is -0.138. The SMILES string of the molecule is CC(C)N(C(=O)c1cc2c(cc1C(F)(F)F)OC(C)(C)C(=O)N2CCNC(=O)OCc1ccccc1)[C@@H]1CN(C(=O)O)CC[C@H]1c1cccc(-c2ccccc2)c1. The van der Waals surface area contributed by atoms with Gasteiger partial charge in [-0.3, -0.25) is 9.59 Å². The molecule has 0 bridgehead atoms. The van der Waals surface area contributed by atoms with Crippen LogP contribution in [-0.4, -0.2) is 82.8 Å². The molecule has 4 aromatic rings. The summed E-state index contributed by atoms with van der Waals surface area (Å²) in [6.45, 7) is 5.90. The van der Waals surface area contributed by atoms with E-state index in [0.717, 1.165) is 34.4 Å². The van der Waals surface area contributed by atoms with Crippen molar-refractivity contribution >= 4 is 29.7 Å². The summed E-state index contributed by atoms with van der Waals surface area (Å²) in [5.74, 6) is -2.29. The van der Waals surface area contributed by atoms with Crippen LogP contribution >= 0.6 is 0 Å². The Morgan fingerprint density at radius 2 is 1.63 bits per heavy atom. The Morgan fingerprint density at radius 1 is 0.965 bits per heavy atom. The van der Waals surface area contributed by atoms with Crippen LogP contribution in [0, 0.1) is 0 Å². The second-order valence-corrected chi connectivity index (χ2v) is 14.9. The minimum atomic E-state index is -5.02. The van der Waals surface area contributed by atoms with Crippen LogP contribution < -0.4 is 15.0 Å². The van der Waals surface area contributed by atoms with Gasteiger partial charge in [0.15, 0.2) is 5.60 Å². The predicted molar refractivity (Wildman–Crippen MR) is 207 cm³/mol. The summed E-state index contributed by atoms with van der Waals surface area (Å²) in [6, 6.07) is 26.5. The maximum Gasteiger partial charge on any atom is 0.417 e. The molecule has 0 radical (unpaired) electrons. The zero-order valence-corrected chi connectivity index (χ0v) is 32.1. The monoisotopic (exact) mass is 786 g/mol. The summed E-state index contributed by atoms with van der Waals surface area (Å²) in [7, 11) is 0. The highest BCUT2D eigenvalue weighted by atomic mass is 19.4. The van der Waals surface area contributed by atoms with Gasteiger partial charge in [0.25, 0.3) is 11.8 Å². The van der Waals surface area contributed by atoms with Gasteiger partial charge in [0, 0.05) is 38.1 Å². The van der Waals surface area contributed by atoms with Crippen molar-refractivity contribution < 1.29 is 46.9 Å². The standard InChI is InChI=1S/C43H45F3N4O7/c1-27(2)50(36-25-48(41(54)55)20-18-32(36)31-17-11-16-30(22-31)29-14-9-6-10-15-29)38(51)33-23-35-37(24-34(33)43(44,45)46)57-42(3,4)39(52)49(35)21-19-47-40(53)56-26-28-12-7-5-8-13-28/h5-17,22-24,27,32,36H,18-21,25-26H2,1-4H3,(H,47,53)(H,54,55)/t32-,36+/m0/s1. The fourth-order valence-corrected chi connectivity index (χ4v) is 7.55. The Hall–Kier alpha value is -6.05. The molecule has 0 aromatic heterocycles. The molecule has 0 spiro atoms. The van der Waals surface area contributed by atoms with E-state index in [2.05, 4.69) is 5.32 Å². The first-order valence-electron chi connectivity index (χ1n) is 18.7. The van der Waals surface area contributed by atoms with E-state index in [9.17, 15) is 37.5 Å². The molecule has 2 N–H and O–H groups in total. The summed E-state index contributed by atoms with van der Waals surface area (Å²) in [6.07, 6.45) is -6.67. The van der Waals surface area contributed by atoms with Crippen molar-refractivity contribution in [1.82, 2.24) is 15.1 Å². The molecule has 14 heteroatoms. The molecule has 2 aliphatic heterocycles. The second kappa shape index (κ2) is 16.6. The number of alkyl carbamates (subject to hydrolysis) is 1. The van der Waals surface area contributed by atoms with Crippen LogP contribution in [0.2, 0.25) is 0 Å². The normalized spacial score (nSPS) is 17.7. The van der Waals surface area contributed by atoms with Gasteiger partial charge < -0.3 is 34.6 Å². The van der Waals surface area contributed by atoms with E-state index in [0.29, 0.717) is 6.42 Å². The van der Waals surface area contributed by atoms with Crippen LogP contribution in [0.4, 0.5) is 28.4 Å². The molecule has 4 amide bonds. The number of rotatable bonds is 10. The fraction of sp³-hybridized carbons (Fsp3) is 0.349. The van der Waals surface area contributed by atoms with E-state index >= 15 is 0 Å². The third-order valence-electron chi connectivity index (χ3n) is 10.3. The molecule has 2 atom stereocenters. The van der Waals surface area contributed by atoms with Gasteiger partial charge >= 0.3 is 18.4 Å². The molecule has 300 valence electrons. The molecule has 6 rings (SSSR count). The zero-order valence-electron chi connectivity index (χ0n) is 32.1. The Bertz CT molecular complexity index is 2110. The number of ether oxygens (including phenoxy) is 2. The van der Waals surface area contributed by atoms with Crippen LogP contribution in [0.3, 0.4) is 0 Å². The molecule has 2 heterocycles. The van der Waals surface area contributed by atoms with E-state index < -0.39 is 64.9 Å². The molecule has 0 aliphatic carbocycles. The van der Waals surface area contributed by atoms with Crippen LogP contribution in [0.25, 0.3) is 11.1 Å². The van der Waals surface area contributed by atoms with E-state index in [4.69, 9.17) is 9.47 Å². The van der Waals surface area contributed by atoms with Crippen molar-refractivity contribution in [3.05, 3.63) is 119 Å². The Kier molecular flexibility index (Phi) is 11.8. The van der Waals surface area contributed by atoms with Crippen molar-refractivity contribution in [3.8, 4) is 16.9 Å². The molecule has 1 fully saturated rings. The van der Waals surface area contributed by atoms with E-state index in [1.54, 1.807) is 38.1 Å². The lowest BCUT2D eigenvalue weighted by Crippen LogP contribution is -2.57. The number of nitrogens with one attached hydrogen (secondary N) is 1. The number of anilines is 1. The highest BCUT2D eigenvalue weighted by Gasteiger charge is 2.46. The fourth-order valence-electron chi connectivity index (χ4n) is 7.55. The smallest absolute Gasteiger partial charge is 0.417 e. The number of halogens is 3. The number of benzene rings is 4. The summed E-state index contributed by atoms with van der Waals surface area (Å²) in [5.41, 5.74) is -0.234. The molecule has 11 nitrogen and oxygen atoms in total. The Labute approximate surface area is 329 Å². The van der Waals surface area contributed by atoms with Gasteiger partial charge in [0.2, 0.25) is 0 Å². The van der Waals surface area contributed by atoms with E-state index in [1.807, 2.05) is 60.7 Å². The van der Waals surface area contributed by atoms with E-state index in [1.165, 1.54) is 28.5 Å². The van der Waals surface area contributed by atoms with Gasteiger partial charge in [-0.05, 0) is 68.5 Å². The third-order valence-corrected chi connectivity index (χ3v) is 10.3. The number of carbonyl (C=O) groups is 4. The first kappa shape index (κ1) is 40.6. The minimum absolute atomic E-state index is 0.00159. The third kappa shape index (κ3) is 9.00. The van der Waals surface area contributed by atoms with Crippen molar-refractivity contribution in [1.29, 1.82) is 0 Å². The number of alkyl halides is 3. The van der Waals surface area contributed by atoms with Gasteiger partial charge in [-0.15, -0.1) is 0 Å². The topological polar surface area (TPSA) is 129 Å². The van der Waals surface area contributed by atoms with Crippen molar-refractivity contribution in [3.63, 3.8) is 0 Å². The van der Waals surface area contributed by atoms with Gasteiger partial charge in [-0.1, -0.05) is 84.9 Å². The first-order valence-corrected chi connectivity index (χ1v) is 18.7. The van der Waals surface area contributed by atoms with Crippen LogP contribution in [-0.2, 0) is 22.3 Å². The zero-order chi connectivity index (χ0) is 41.1. The molecular formula is C43H45F3N4O7. The Balaban J connectivity index is 1.35. The van der Waals surface area contributed by atoms with Crippen LogP contribution in [0.5, 0.6) is 5.75 Å².